The van der Waals surface area contributed by atoms with Crippen LogP contribution in [0.15, 0.2) is 29.2 Å². The lowest BCUT2D eigenvalue weighted by atomic mass is 9.95. The lowest BCUT2D eigenvalue weighted by molar-refractivity contribution is -0.129. The molecule has 1 aromatic carbocycles. The average Bonchev–Trinajstić information content (AvgIpc) is 2.73. The van der Waals surface area contributed by atoms with E-state index in [4.69, 9.17) is 11.6 Å². The van der Waals surface area contributed by atoms with Crippen molar-refractivity contribution in [1.82, 2.24) is 14.9 Å². The molecule has 3 rings (SSSR count). The van der Waals surface area contributed by atoms with Crippen molar-refractivity contribution < 1.29 is 18.0 Å². The number of benzene rings is 1. The number of sulfonamides is 1. The average molecular weight is 442 g/mol. The second kappa shape index (κ2) is 9.91. The van der Waals surface area contributed by atoms with Gasteiger partial charge in [-0.2, -0.15) is 4.31 Å². The highest BCUT2D eigenvalue weighted by Gasteiger charge is 2.33. The van der Waals surface area contributed by atoms with Gasteiger partial charge in [0.05, 0.1) is 17.4 Å². The predicted octanol–water partition coefficient (Wildman–Crippen LogP) is 2.31. The maximum atomic E-state index is 12.8. The molecule has 0 aromatic heterocycles. The van der Waals surface area contributed by atoms with Gasteiger partial charge in [0.15, 0.2) is 0 Å². The number of rotatable bonds is 6. The summed E-state index contributed by atoms with van der Waals surface area (Å²) in [5.41, 5.74) is 0. The SMILES string of the molecule is O=C(CNC(=O)C1CCCN(S(=O)(=O)c2ccc(Cl)cc2)C1)NC1CCCCC1. The van der Waals surface area contributed by atoms with Crippen molar-refractivity contribution >= 4 is 33.4 Å². The van der Waals surface area contributed by atoms with E-state index in [-0.39, 0.29) is 35.8 Å². The molecule has 1 heterocycles. The van der Waals surface area contributed by atoms with Crippen LogP contribution in [0.25, 0.3) is 0 Å². The summed E-state index contributed by atoms with van der Waals surface area (Å²) in [6.07, 6.45) is 6.62. The number of nitrogens with one attached hydrogen (secondary N) is 2. The molecule has 2 N–H and O–H groups in total. The Morgan fingerprint density at radius 1 is 1.03 bits per heavy atom. The fourth-order valence-electron chi connectivity index (χ4n) is 3.97. The zero-order valence-electron chi connectivity index (χ0n) is 16.4. The third-order valence-corrected chi connectivity index (χ3v) is 7.73. The van der Waals surface area contributed by atoms with Gasteiger partial charge in [0.25, 0.3) is 0 Å². The normalized spacial score (nSPS) is 21.5. The van der Waals surface area contributed by atoms with Gasteiger partial charge >= 0.3 is 0 Å². The maximum absolute atomic E-state index is 12.8. The summed E-state index contributed by atoms with van der Waals surface area (Å²) in [4.78, 5) is 24.8. The summed E-state index contributed by atoms with van der Waals surface area (Å²) >= 11 is 5.84. The summed E-state index contributed by atoms with van der Waals surface area (Å²) in [6, 6.07) is 6.21. The fraction of sp³-hybridized carbons (Fsp3) is 0.600. The molecule has 1 aliphatic carbocycles. The van der Waals surface area contributed by atoms with Gasteiger partial charge < -0.3 is 10.6 Å². The molecule has 0 bridgehead atoms. The number of halogens is 1. The Labute approximate surface area is 177 Å². The van der Waals surface area contributed by atoms with E-state index in [0.29, 0.717) is 24.4 Å². The molecule has 7 nitrogen and oxygen atoms in total. The minimum absolute atomic E-state index is 0.0736. The van der Waals surface area contributed by atoms with E-state index in [1.165, 1.54) is 35.0 Å². The predicted molar refractivity (Wildman–Crippen MR) is 111 cm³/mol. The zero-order valence-corrected chi connectivity index (χ0v) is 18.0. The molecule has 1 saturated carbocycles. The van der Waals surface area contributed by atoms with Crippen LogP contribution in [0, 0.1) is 5.92 Å². The van der Waals surface area contributed by atoms with Crippen molar-refractivity contribution in [2.45, 2.75) is 55.9 Å². The number of hydrogen-bond acceptors (Lipinski definition) is 4. The largest absolute Gasteiger partial charge is 0.352 e. The molecule has 1 aliphatic heterocycles. The molecule has 1 unspecified atom stereocenters. The molecular formula is C20H28ClN3O4S. The van der Waals surface area contributed by atoms with Gasteiger partial charge in [0.2, 0.25) is 21.8 Å². The minimum atomic E-state index is -3.68. The van der Waals surface area contributed by atoms with Gasteiger partial charge in [-0.1, -0.05) is 30.9 Å². The van der Waals surface area contributed by atoms with Gasteiger partial charge in [-0.3, -0.25) is 9.59 Å². The van der Waals surface area contributed by atoms with Gasteiger partial charge in [-0.25, -0.2) is 8.42 Å². The number of carbonyl (C=O) groups excluding carboxylic acids is 2. The number of amides is 2. The van der Waals surface area contributed by atoms with Crippen LogP contribution in [0.1, 0.15) is 44.9 Å². The highest BCUT2D eigenvalue weighted by molar-refractivity contribution is 7.89. The van der Waals surface area contributed by atoms with E-state index in [1.54, 1.807) is 0 Å². The van der Waals surface area contributed by atoms with E-state index in [0.717, 1.165) is 25.7 Å². The van der Waals surface area contributed by atoms with Gasteiger partial charge in [-0.05, 0) is 49.9 Å². The summed E-state index contributed by atoms with van der Waals surface area (Å²) in [7, 11) is -3.68. The Kier molecular flexibility index (Phi) is 7.54. The van der Waals surface area contributed by atoms with Crippen LogP contribution in [-0.2, 0) is 19.6 Å². The molecule has 160 valence electrons. The third-order valence-electron chi connectivity index (χ3n) is 5.60. The van der Waals surface area contributed by atoms with Crippen LogP contribution < -0.4 is 10.6 Å². The van der Waals surface area contributed by atoms with Crippen LogP contribution in [0.4, 0.5) is 0 Å². The Hall–Kier alpha value is -1.64. The molecule has 2 fully saturated rings. The lowest BCUT2D eigenvalue weighted by Crippen LogP contribution is -2.48. The molecule has 1 aromatic rings. The molecular weight excluding hydrogens is 414 g/mol. The van der Waals surface area contributed by atoms with Crippen molar-refractivity contribution in [3.05, 3.63) is 29.3 Å². The van der Waals surface area contributed by atoms with Crippen molar-refractivity contribution in [3.63, 3.8) is 0 Å². The lowest BCUT2D eigenvalue weighted by Gasteiger charge is -2.31. The molecule has 29 heavy (non-hydrogen) atoms. The second-order valence-corrected chi connectivity index (χ2v) is 10.2. The first kappa shape index (κ1) is 22.1. The molecule has 0 radical (unpaired) electrons. The first-order valence-electron chi connectivity index (χ1n) is 10.2. The van der Waals surface area contributed by atoms with Crippen molar-refractivity contribution in [3.8, 4) is 0 Å². The van der Waals surface area contributed by atoms with Crippen molar-refractivity contribution in [2.75, 3.05) is 19.6 Å². The molecule has 1 saturated heterocycles. The molecule has 0 spiro atoms. The van der Waals surface area contributed by atoms with E-state index >= 15 is 0 Å². The number of carbonyl (C=O) groups is 2. The minimum Gasteiger partial charge on any atom is -0.352 e. The number of piperidine rings is 1. The molecule has 9 heteroatoms. The van der Waals surface area contributed by atoms with E-state index in [2.05, 4.69) is 10.6 Å². The van der Waals surface area contributed by atoms with E-state index in [9.17, 15) is 18.0 Å². The van der Waals surface area contributed by atoms with Crippen molar-refractivity contribution in [1.29, 1.82) is 0 Å². The van der Waals surface area contributed by atoms with Gasteiger partial charge in [-0.15, -0.1) is 0 Å². The van der Waals surface area contributed by atoms with Gasteiger partial charge in [0, 0.05) is 24.2 Å². The Morgan fingerprint density at radius 2 is 1.72 bits per heavy atom. The highest BCUT2D eigenvalue weighted by atomic mass is 35.5. The standard InChI is InChI=1S/C20H28ClN3O4S/c21-16-8-10-18(11-9-16)29(27,28)24-12-4-5-15(14-24)20(26)22-13-19(25)23-17-6-2-1-3-7-17/h8-11,15,17H,1-7,12-14H2,(H,22,26)(H,23,25). The Bertz CT molecular complexity index is 823. The first-order valence-corrected chi connectivity index (χ1v) is 12.0. The first-order chi connectivity index (χ1) is 13.9. The van der Waals surface area contributed by atoms with Gasteiger partial charge in [0.1, 0.15) is 0 Å². The van der Waals surface area contributed by atoms with Crippen LogP contribution >= 0.6 is 11.6 Å². The summed E-state index contributed by atoms with van der Waals surface area (Å²) < 4.78 is 27.0. The number of hydrogen-bond donors (Lipinski definition) is 2. The van der Waals surface area contributed by atoms with Crippen LogP contribution in [0.3, 0.4) is 0 Å². The van der Waals surface area contributed by atoms with Crippen molar-refractivity contribution in [2.24, 2.45) is 5.92 Å². The Balaban J connectivity index is 1.52. The topological polar surface area (TPSA) is 95.6 Å². The Morgan fingerprint density at radius 3 is 2.41 bits per heavy atom. The highest BCUT2D eigenvalue weighted by Crippen LogP contribution is 2.25. The molecule has 2 aliphatic rings. The smallest absolute Gasteiger partial charge is 0.243 e. The molecule has 2 amide bonds. The van der Waals surface area contributed by atoms with Crippen LogP contribution in [0.2, 0.25) is 5.02 Å². The van der Waals surface area contributed by atoms with E-state index < -0.39 is 15.9 Å². The third kappa shape index (κ3) is 5.93. The van der Waals surface area contributed by atoms with Crippen LogP contribution in [0.5, 0.6) is 0 Å². The summed E-state index contributed by atoms with van der Waals surface area (Å²) in [5.74, 6) is -0.931. The number of nitrogens with zero attached hydrogens (tertiary/aromatic N) is 1. The monoisotopic (exact) mass is 441 g/mol. The fourth-order valence-corrected chi connectivity index (χ4v) is 5.62. The quantitative estimate of drug-likeness (QED) is 0.708. The van der Waals surface area contributed by atoms with Crippen LogP contribution in [-0.4, -0.2) is 50.2 Å². The van der Waals surface area contributed by atoms with E-state index in [1.807, 2.05) is 0 Å². The zero-order chi connectivity index (χ0) is 20.9. The molecule has 1 atom stereocenters. The summed E-state index contributed by atoms with van der Waals surface area (Å²) in [5, 5.41) is 6.10. The maximum Gasteiger partial charge on any atom is 0.243 e. The second-order valence-electron chi connectivity index (χ2n) is 7.78. The summed E-state index contributed by atoms with van der Waals surface area (Å²) in [6.45, 7) is 0.410.